The Bertz CT molecular complexity index is 556. The normalized spacial score (nSPS) is 19.4. The summed E-state index contributed by atoms with van der Waals surface area (Å²) in [5.74, 6) is 0.473. The van der Waals surface area contributed by atoms with Gasteiger partial charge in [-0.1, -0.05) is 6.07 Å². The van der Waals surface area contributed by atoms with E-state index >= 15 is 0 Å². The molecular weight excluding hydrogens is 307 g/mol. The van der Waals surface area contributed by atoms with Crippen LogP contribution in [0.25, 0.3) is 0 Å². The third-order valence-corrected chi connectivity index (χ3v) is 4.13. The minimum absolute atomic E-state index is 0.194. The zero-order valence-corrected chi connectivity index (χ0v) is 12.7. The number of nitrogens with zero attached hydrogens (tertiary/aromatic N) is 2. The molecule has 1 fully saturated rings. The van der Waals surface area contributed by atoms with Crippen LogP contribution in [0.2, 0.25) is 0 Å². The molecular formula is C16H20F3N3O. The number of anilines is 1. The van der Waals surface area contributed by atoms with E-state index in [1.807, 2.05) is 17.3 Å². The van der Waals surface area contributed by atoms with E-state index in [1.54, 1.807) is 12.1 Å². The Morgan fingerprint density at radius 1 is 1.17 bits per heavy atom. The fourth-order valence-electron chi connectivity index (χ4n) is 3.01. The second-order valence-corrected chi connectivity index (χ2v) is 5.92. The number of alkyl halides is 3. The van der Waals surface area contributed by atoms with E-state index in [-0.39, 0.29) is 5.75 Å². The first kappa shape index (κ1) is 16.0. The van der Waals surface area contributed by atoms with Gasteiger partial charge < -0.3 is 19.9 Å². The van der Waals surface area contributed by atoms with Gasteiger partial charge in [0.2, 0.25) is 0 Å². The molecule has 1 saturated heterocycles. The number of nitrogens with one attached hydrogen (secondary N) is 1. The molecule has 2 aliphatic heterocycles. The van der Waals surface area contributed by atoms with E-state index in [0.717, 1.165) is 19.6 Å². The fraction of sp³-hybridized carbons (Fsp3) is 0.500. The van der Waals surface area contributed by atoms with Crippen molar-refractivity contribution in [2.45, 2.75) is 19.2 Å². The Morgan fingerprint density at radius 2 is 1.96 bits per heavy atom. The van der Waals surface area contributed by atoms with Crippen LogP contribution in [0.15, 0.2) is 36.7 Å². The number of piperidine rings is 1. The van der Waals surface area contributed by atoms with Crippen molar-refractivity contribution in [2.24, 2.45) is 5.92 Å². The summed E-state index contributed by atoms with van der Waals surface area (Å²) in [6.45, 7) is 3.75. The van der Waals surface area contributed by atoms with Gasteiger partial charge in [-0.3, -0.25) is 0 Å². The van der Waals surface area contributed by atoms with Gasteiger partial charge in [-0.25, -0.2) is 0 Å². The topological polar surface area (TPSA) is 27.7 Å². The van der Waals surface area contributed by atoms with Crippen molar-refractivity contribution in [3.05, 3.63) is 36.7 Å². The zero-order chi connectivity index (χ0) is 16.3. The molecule has 1 aromatic carbocycles. The zero-order valence-electron chi connectivity index (χ0n) is 12.7. The highest BCUT2D eigenvalue weighted by molar-refractivity contribution is 5.53. The minimum atomic E-state index is -4.67. The SMILES string of the molecule is FC(F)(F)Oc1cccc(N2C=CN(CC3CCNCC3)C2)c1. The molecule has 7 heteroatoms. The van der Waals surface area contributed by atoms with E-state index in [2.05, 4.69) is 15.0 Å². The second kappa shape index (κ2) is 6.70. The standard InChI is InChI=1S/C16H20F3N3O/c17-16(18,19)23-15-3-1-2-14(10-15)22-9-8-21(12-22)11-13-4-6-20-7-5-13/h1-3,8-10,13,20H,4-7,11-12H2. The first-order chi connectivity index (χ1) is 11.0. The molecule has 0 aliphatic carbocycles. The maximum absolute atomic E-state index is 12.3. The molecule has 4 nitrogen and oxygen atoms in total. The molecule has 23 heavy (non-hydrogen) atoms. The summed E-state index contributed by atoms with van der Waals surface area (Å²) in [7, 11) is 0. The molecule has 0 bridgehead atoms. The van der Waals surface area contributed by atoms with Crippen LogP contribution in [0, 0.1) is 5.92 Å². The summed E-state index contributed by atoms with van der Waals surface area (Å²) in [6.07, 6.45) is 1.56. The van der Waals surface area contributed by atoms with Crippen molar-refractivity contribution in [1.29, 1.82) is 0 Å². The largest absolute Gasteiger partial charge is 0.573 e. The van der Waals surface area contributed by atoms with E-state index in [0.29, 0.717) is 18.3 Å². The Hall–Kier alpha value is -1.89. The predicted octanol–water partition coefficient (Wildman–Crippen LogP) is 3.14. The molecule has 126 valence electrons. The number of benzene rings is 1. The summed E-state index contributed by atoms with van der Waals surface area (Å²) in [4.78, 5) is 4.12. The first-order valence-corrected chi connectivity index (χ1v) is 7.75. The Morgan fingerprint density at radius 3 is 2.70 bits per heavy atom. The highest BCUT2D eigenvalue weighted by atomic mass is 19.4. The molecule has 0 atom stereocenters. The molecule has 0 radical (unpaired) electrons. The molecule has 0 aromatic heterocycles. The van der Waals surface area contributed by atoms with Gasteiger partial charge in [0.15, 0.2) is 0 Å². The highest BCUT2D eigenvalue weighted by Gasteiger charge is 2.31. The summed E-state index contributed by atoms with van der Waals surface area (Å²) in [6, 6.07) is 6.07. The maximum atomic E-state index is 12.3. The lowest BCUT2D eigenvalue weighted by Gasteiger charge is -2.28. The van der Waals surface area contributed by atoms with Gasteiger partial charge in [0.25, 0.3) is 0 Å². The Labute approximate surface area is 133 Å². The number of ether oxygens (including phenoxy) is 1. The van der Waals surface area contributed by atoms with Crippen molar-refractivity contribution < 1.29 is 17.9 Å². The smallest absolute Gasteiger partial charge is 0.406 e. The Balaban J connectivity index is 1.58. The van der Waals surface area contributed by atoms with Crippen LogP contribution < -0.4 is 15.0 Å². The summed E-state index contributed by atoms with van der Waals surface area (Å²) >= 11 is 0. The molecule has 2 heterocycles. The molecule has 1 aromatic rings. The summed E-state index contributed by atoms with van der Waals surface area (Å²) in [5.41, 5.74) is 0.691. The van der Waals surface area contributed by atoms with Crippen LogP contribution >= 0.6 is 0 Å². The molecule has 0 saturated carbocycles. The molecule has 3 rings (SSSR count). The molecule has 0 spiro atoms. The number of rotatable bonds is 4. The average Bonchev–Trinajstić information content (AvgIpc) is 2.95. The molecule has 0 amide bonds. The van der Waals surface area contributed by atoms with Crippen molar-refractivity contribution in [3.8, 4) is 5.75 Å². The molecule has 1 N–H and O–H groups in total. The average molecular weight is 327 g/mol. The van der Waals surface area contributed by atoms with Gasteiger partial charge in [-0.05, 0) is 44.0 Å². The van der Waals surface area contributed by atoms with E-state index < -0.39 is 6.36 Å². The van der Waals surface area contributed by atoms with Crippen molar-refractivity contribution in [3.63, 3.8) is 0 Å². The highest BCUT2D eigenvalue weighted by Crippen LogP contribution is 2.28. The quantitative estimate of drug-likeness (QED) is 0.919. The third kappa shape index (κ3) is 4.54. The lowest BCUT2D eigenvalue weighted by molar-refractivity contribution is -0.274. The minimum Gasteiger partial charge on any atom is -0.406 e. The fourth-order valence-corrected chi connectivity index (χ4v) is 3.01. The van der Waals surface area contributed by atoms with Crippen LogP contribution in [0.5, 0.6) is 5.75 Å². The van der Waals surface area contributed by atoms with E-state index in [1.165, 1.54) is 25.0 Å². The number of hydrogen-bond donors (Lipinski definition) is 1. The van der Waals surface area contributed by atoms with Crippen LogP contribution in [0.3, 0.4) is 0 Å². The second-order valence-electron chi connectivity index (χ2n) is 5.92. The number of halogens is 3. The van der Waals surface area contributed by atoms with E-state index in [9.17, 15) is 13.2 Å². The third-order valence-electron chi connectivity index (χ3n) is 4.13. The van der Waals surface area contributed by atoms with Gasteiger partial charge in [-0.15, -0.1) is 13.2 Å². The Kier molecular flexibility index (Phi) is 4.66. The van der Waals surface area contributed by atoms with Gasteiger partial charge in [0, 0.05) is 30.7 Å². The molecule has 0 unspecified atom stereocenters. The van der Waals surface area contributed by atoms with Crippen molar-refractivity contribution in [2.75, 3.05) is 31.2 Å². The lowest BCUT2D eigenvalue weighted by atomic mass is 9.98. The number of hydrogen-bond acceptors (Lipinski definition) is 4. The van der Waals surface area contributed by atoms with Crippen LogP contribution in [0.4, 0.5) is 18.9 Å². The predicted molar refractivity (Wildman–Crippen MR) is 81.9 cm³/mol. The molecule has 2 aliphatic rings. The summed E-state index contributed by atoms with van der Waals surface area (Å²) in [5, 5.41) is 3.35. The van der Waals surface area contributed by atoms with Gasteiger partial charge in [0.1, 0.15) is 5.75 Å². The first-order valence-electron chi connectivity index (χ1n) is 7.75. The van der Waals surface area contributed by atoms with Crippen LogP contribution in [-0.2, 0) is 0 Å². The monoisotopic (exact) mass is 327 g/mol. The van der Waals surface area contributed by atoms with Crippen LogP contribution in [0.1, 0.15) is 12.8 Å². The van der Waals surface area contributed by atoms with Crippen molar-refractivity contribution in [1.82, 2.24) is 10.2 Å². The van der Waals surface area contributed by atoms with E-state index in [4.69, 9.17) is 0 Å². The van der Waals surface area contributed by atoms with Crippen LogP contribution in [-0.4, -0.2) is 37.6 Å². The van der Waals surface area contributed by atoms with Gasteiger partial charge >= 0.3 is 6.36 Å². The van der Waals surface area contributed by atoms with Gasteiger partial charge in [-0.2, -0.15) is 0 Å². The maximum Gasteiger partial charge on any atom is 0.573 e. The van der Waals surface area contributed by atoms with Gasteiger partial charge in [0.05, 0.1) is 6.67 Å². The van der Waals surface area contributed by atoms with Crippen molar-refractivity contribution >= 4 is 5.69 Å². The lowest BCUT2D eigenvalue weighted by Crippen LogP contribution is -2.35. The summed E-state index contributed by atoms with van der Waals surface area (Å²) < 4.78 is 40.9.